The summed E-state index contributed by atoms with van der Waals surface area (Å²) in [7, 11) is 0. The summed E-state index contributed by atoms with van der Waals surface area (Å²) in [5.41, 5.74) is 1.01. The van der Waals surface area contributed by atoms with Gasteiger partial charge in [0.05, 0.1) is 17.3 Å². The smallest absolute Gasteiger partial charge is 0.326 e. The lowest BCUT2D eigenvalue weighted by atomic mass is 10.1. The first-order valence-corrected chi connectivity index (χ1v) is 7.83. The Morgan fingerprint density at radius 1 is 1.25 bits per heavy atom. The number of nitrogens with zero attached hydrogens (tertiary/aromatic N) is 3. The summed E-state index contributed by atoms with van der Waals surface area (Å²) in [6.07, 6.45) is 3.15. The van der Waals surface area contributed by atoms with Gasteiger partial charge in [-0.2, -0.15) is 5.10 Å². The van der Waals surface area contributed by atoms with E-state index < -0.39 is 12.0 Å². The van der Waals surface area contributed by atoms with Crippen LogP contribution in [0.25, 0.3) is 0 Å². The molecule has 2 rings (SSSR count). The molecule has 0 saturated heterocycles. The molecule has 1 heterocycles. The van der Waals surface area contributed by atoms with E-state index >= 15 is 0 Å². The van der Waals surface area contributed by atoms with Crippen LogP contribution < -0.4 is 0 Å². The first-order chi connectivity index (χ1) is 11.2. The molecule has 1 unspecified atom stereocenters. The monoisotopic (exact) mass is 329 g/mol. The van der Waals surface area contributed by atoms with Crippen LogP contribution in [0.4, 0.5) is 0 Å². The number of aromatic nitrogens is 2. The zero-order valence-electron chi connectivity index (χ0n) is 14.4. The molecule has 0 saturated carbocycles. The van der Waals surface area contributed by atoms with E-state index in [1.165, 1.54) is 18.0 Å². The number of aliphatic carboxylic acids is 1. The maximum absolute atomic E-state index is 12.8. The van der Waals surface area contributed by atoms with E-state index in [4.69, 9.17) is 0 Å². The molecular weight excluding hydrogens is 306 g/mol. The highest BCUT2D eigenvalue weighted by Gasteiger charge is 2.28. The van der Waals surface area contributed by atoms with Crippen molar-refractivity contribution < 1.29 is 14.7 Å². The highest BCUT2D eigenvalue weighted by Crippen LogP contribution is 2.17. The predicted octanol–water partition coefficient (Wildman–Crippen LogP) is 2.75. The van der Waals surface area contributed by atoms with E-state index in [9.17, 15) is 14.7 Å². The molecule has 0 bridgehead atoms. The van der Waals surface area contributed by atoms with E-state index in [1.807, 2.05) is 51.1 Å². The standard InChI is InChI=1S/C18H23N3O3/c1-13(17(23)24)20(11-14-8-6-5-7-9-14)16(22)15-10-19-21(12-15)18(2,3)4/h5-10,12-13H,11H2,1-4H3,(H,23,24). The molecule has 6 nitrogen and oxygen atoms in total. The fourth-order valence-corrected chi connectivity index (χ4v) is 2.26. The number of rotatable bonds is 5. The Labute approximate surface area is 141 Å². The fraction of sp³-hybridized carbons (Fsp3) is 0.389. The van der Waals surface area contributed by atoms with Gasteiger partial charge in [0.1, 0.15) is 6.04 Å². The van der Waals surface area contributed by atoms with Gasteiger partial charge in [-0.1, -0.05) is 30.3 Å². The van der Waals surface area contributed by atoms with Gasteiger partial charge in [0, 0.05) is 12.7 Å². The molecule has 24 heavy (non-hydrogen) atoms. The van der Waals surface area contributed by atoms with Crippen molar-refractivity contribution in [3.63, 3.8) is 0 Å². The minimum atomic E-state index is -1.04. The highest BCUT2D eigenvalue weighted by atomic mass is 16.4. The summed E-state index contributed by atoms with van der Waals surface area (Å²) < 4.78 is 1.70. The molecule has 0 aliphatic heterocycles. The molecule has 1 N–H and O–H groups in total. The third-order valence-corrected chi connectivity index (χ3v) is 3.80. The molecule has 0 radical (unpaired) electrons. The van der Waals surface area contributed by atoms with Gasteiger partial charge in [0.25, 0.3) is 5.91 Å². The number of benzene rings is 1. The Morgan fingerprint density at radius 2 is 1.88 bits per heavy atom. The Hall–Kier alpha value is -2.63. The van der Waals surface area contributed by atoms with Gasteiger partial charge < -0.3 is 10.0 Å². The molecule has 1 atom stereocenters. The minimum Gasteiger partial charge on any atom is -0.480 e. The van der Waals surface area contributed by atoms with Crippen molar-refractivity contribution in [2.45, 2.75) is 45.8 Å². The third-order valence-electron chi connectivity index (χ3n) is 3.80. The molecule has 1 aromatic heterocycles. The molecule has 0 spiro atoms. The number of hydrogen-bond donors (Lipinski definition) is 1. The molecule has 2 aromatic rings. The molecule has 128 valence electrons. The second-order valence-electron chi connectivity index (χ2n) is 6.78. The highest BCUT2D eigenvalue weighted by molar-refractivity contribution is 5.96. The lowest BCUT2D eigenvalue weighted by Gasteiger charge is -2.26. The molecule has 0 aliphatic carbocycles. The quantitative estimate of drug-likeness (QED) is 0.915. The number of carboxylic acids is 1. The summed E-state index contributed by atoms with van der Waals surface area (Å²) in [6.45, 7) is 7.69. The predicted molar refractivity (Wildman–Crippen MR) is 90.6 cm³/mol. The van der Waals surface area contributed by atoms with Crippen molar-refractivity contribution in [2.24, 2.45) is 0 Å². The van der Waals surface area contributed by atoms with E-state index in [1.54, 1.807) is 10.9 Å². The first kappa shape index (κ1) is 17.7. The van der Waals surface area contributed by atoms with Gasteiger partial charge in [0.2, 0.25) is 0 Å². The summed E-state index contributed by atoms with van der Waals surface area (Å²) >= 11 is 0. The van der Waals surface area contributed by atoms with Crippen LogP contribution in [0.1, 0.15) is 43.6 Å². The van der Waals surface area contributed by atoms with Crippen LogP contribution in [0.15, 0.2) is 42.7 Å². The van der Waals surface area contributed by atoms with Crippen molar-refractivity contribution >= 4 is 11.9 Å². The zero-order chi connectivity index (χ0) is 17.9. The van der Waals surface area contributed by atoms with Gasteiger partial charge in [-0.3, -0.25) is 9.48 Å². The van der Waals surface area contributed by atoms with Gasteiger partial charge in [-0.25, -0.2) is 4.79 Å². The van der Waals surface area contributed by atoms with Crippen molar-refractivity contribution in [1.82, 2.24) is 14.7 Å². The van der Waals surface area contributed by atoms with E-state index in [-0.39, 0.29) is 18.0 Å². The van der Waals surface area contributed by atoms with Crippen LogP contribution >= 0.6 is 0 Å². The summed E-state index contributed by atoms with van der Waals surface area (Å²) in [6, 6.07) is 8.41. The lowest BCUT2D eigenvalue weighted by molar-refractivity contribution is -0.141. The Bertz CT molecular complexity index is 717. The third kappa shape index (κ3) is 4.01. The summed E-state index contributed by atoms with van der Waals surface area (Å²) in [5, 5.41) is 13.6. The zero-order valence-corrected chi connectivity index (χ0v) is 14.4. The van der Waals surface area contributed by atoms with Gasteiger partial charge in [-0.05, 0) is 33.3 Å². The Kier molecular flexibility index (Phi) is 5.07. The van der Waals surface area contributed by atoms with Crippen molar-refractivity contribution in [3.05, 3.63) is 53.9 Å². The largest absolute Gasteiger partial charge is 0.480 e. The van der Waals surface area contributed by atoms with Crippen molar-refractivity contribution in [1.29, 1.82) is 0 Å². The maximum atomic E-state index is 12.8. The van der Waals surface area contributed by atoms with Gasteiger partial charge in [0.15, 0.2) is 0 Å². The van der Waals surface area contributed by atoms with Crippen LogP contribution in [0.2, 0.25) is 0 Å². The summed E-state index contributed by atoms with van der Waals surface area (Å²) in [5.74, 6) is -1.38. The Morgan fingerprint density at radius 3 is 2.38 bits per heavy atom. The van der Waals surface area contributed by atoms with Crippen LogP contribution in [-0.2, 0) is 16.9 Å². The van der Waals surface area contributed by atoms with Crippen LogP contribution in [0, 0.1) is 0 Å². The minimum absolute atomic E-state index is 0.230. The molecule has 6 heteroatoms. The SMILES string of the molecule is CC(C(=O)O)N(Cc1ccccc1)C(=O)c1cnn(C(C)(C)C)c1. The normalized spacial score (nSPS) is 12.7. The number of hydrogen-bond acceptors (Lipinski definition) is 3. The van der Waals surface area contributed by atoms with E-state index in [2.05, 4.69) is 5.10 Å². The first-order valence-electron chi connectivity index (χ1n) is 7.83. The molecule has 1 aromatic carbocycles. The number of carbonyl (C=O) groups excluding carboxylic acids is 1. The Balaban J connectivity index is 2.30. The second-order valence-corrected chi connectivity index (χ2v) is 6.78. The average Bonchev–Trinajstić information content (AvgIpc) is 3.02. The van der Waals surface area contributed by atoms with E-state index in [0.29, 0.717) is 5.56 Å². The average molecular weight is 329 g/mol. The van der Waals surface area contributed by atoms with Crippen molar-refractivity contribution in [3.8, 4) is 0 Å². The lowest BCUT2D eigenvalue weighted by Crippen LogP contribution is -2.42. The molecular formula is C18H23N3O3. The van der Waals surface area contributed by atoms with Crippen LogP contribution in [0.3, 0.4) is 0 Å². The van der Waals surface area contributed by atoms with Gasteiger partial charge >= 0.3 is 5.97 Å². The number of carboxylic acid groups (broad SMARTS) is 1. The van der Waals surface area contributed by atoms with Gasteiger partial charge in [-0.15, -0.1) is 0 Å². The maximum Gasteiger partial charge on any atom is 0.326 e. The fourth-order valence-electron chi connectivity index (χ4n) is 2.26. The van der Waals surface area contributed by atoms with Crippen LogP contribution in [-0.4, -0.2) is 37.7 Å². The molecule has 0 aliphatic rings. The molecule has 0 fully saturated rings. The summed E-state index contributed by atoms with van der Waals surface area (Å²) in [4.78, 5) is 25.6. The number of amides is 1. The van der Waals surface area contributed by atoms with E-state index in [0.717, 1.165) is 5.56 Å². The van der Waals surface area contributed by atoms with Crippen molar-refractivity contribution in [2.75, 3.05) is 0 Å². The second kappa shape index (κ2) is 6.86. The molecule has 1 amide bonds. The van der Waals surface area contributed by atoms with Crippen LogP contribution in [0.5, 0.6) is 0 Å². The topological polar surface area (TPSA) is 75.4 Å². The number of carbonyl (C=O) groups is 2.